The van der Waals surface area contributed by atoms with Crippen molar-refractivity contribution in [1.29, 1.82) is 5.41 Å². The minimum atomic E-state index is -4.17. The molecular formula is C43H51N3O7S. The quantitative estimate of drug-likeness (QED) is 0.0386. The van der Waals surface area contributed by atoms with Crippen LogP contribution in [0.2, 0.25) is 0 Å². The molecule has 1 amide bonds. The number of fused-ring (bicyclic) bond motifs is 1. The summed E-state index contributed by atoms with van der Waals surface area (Å²) in [6.07, 6.45) is 4.47. The van der Waals surface area contributed by atoms with Crippen LogP contribution < -0.4 is 19.5 Å². The molecule has 0 aromatic heterocycles. The molecule has 0 heterocycles. The lowest BCUT2D eigenvalue weighted by atomic mass is 9.76. The number of amides is 1. The van der Waals surface area contributed by atoms with E-state index in [9.17, 15) is 23.1 Å². The summed E-state index contributed by atoms with van der Waals surface area (Å²) in [7, 11) is -4.17. The molecule has 0 radical (unpaired) electrons. The number of anilines is 1. The Morgan fingerprint density at radius 3 is 2.28 bits per heavy atom. The fraction of sp³-hybridized carbons (Fsp3) is 0.395. The van der Waals surface area contributed by atoms with Crippen LogP contribution >= 0.6 is 0 Å². The average molecular weight is 754 g/mol. The number of carbonyl (C=O) groups is 1. The van der Waals surface area contributed by atoms with Gasteiger partial charge in [-0.2, -0.15) is 0 Å². The van der Waals surface area contributed by atoms with Gasteiger partial charge in [0.2, 0.25) is 0 Å². The van der Waals surface area contributed by atoms with Crippen LogP contribution in [0, 0.1) is 11.3 Å². The third kappa shape index (κ3) is 8.80. The van der Waals surface area contributed by atoms with E-state index in [2.05, 4.69) is 63.7 Å². The number of phenolic OH excluding ortho intramolecular Hbond substituents is 1. The maximum Gasteiger partial charge on any atom is 0.261 e. The molecule has 0 bridgehead atoms. The van der Waals surface area contributed by atoms with Gasteiger partial charge in [0.05, 0.1) is 28.7 Å². The van der Waals surface area contributed by atoms with Gasteiger partial charge < -0.3 is 25.3 Å². The van der Waals surface area contributed by atoms with Crippen molar-refractivity contribution < 1.29 is 32.6 Å². The zero-order chi connectivity index (χ0) is 39.3. The largest absolute Gasteiger partial charge is 0.506 e. The lowest BCUT2D eigenvalue weighted by Crippen LogP contribution is -2.26. The van der Waals surface area contributed by atoms with E-state index in [1.807, 2.05) is 6.07 Å². The number of carbonyl (C=O) groups excluding carboxylic acids is 2. The molecule has 1 aliphatic rings. The molecule has 286 valence electrons. The molecule has 1 fully saturated rings. The summed E-state index contributed by atoms with van der Waals surface area (Å²) >= 11 is 0. The summed E-state index contributed by atoms with van der Waals surface area (Å²) in [6.45, 7) is 13.9. The summed E-state index contributed by atoms with van der Waals surface area (Å²) in [5, 5.41) is 22.8. The highest BCUT2D eigenvalue weighted by atomic mass is 32.2. The molecule has 1 atom stereocenters. The Bertz CT molecular complexity index is 2190. The van der Waals surface area contributed by atoms with Gasteiger partial charge in [0.1, 0.15) is 17.2 Å². The lowest BCUT2D eigenvalue weighted by molar-refractivity contribution is 0.0949. The second-order valence-electron chi connectivity index (χ2n) is 15.1. The van der Waals surface area contributed by atoms with E-state index in [0.29, 0.717) is 42.4 Å². The van der Waals surface area contributed by atoms with Crippen molar-refractivity contribution >= 4 is 44.0 Å². The van der Waals surface area contributed by atoms with Crippen molar-refractivity contribution in [2.24, 2.45) is 5.92 Å². The Morgan fingerprint density at radius 1 is 0.963 bits per heavy atom. The number of allylic oxidation sites excluding steroid dienone is 1. The molecule has 1 aliphatic carbocycles. The Labute approximate surface area is 318 Å². The monoisotopic (exact) mass is 753 g/mol. The molecule has 4 N–H and O–H groups in total. The van der Waals surface area contributed by atoms with E-state index in [0.717, 1.165) is 30.6 Å². The SMILES string of the molecule is CCC(C)(C)c1ccc(OCCCNC(=O)c2cc(NS(=O)(=O)c3ccc(OC(=C=O)C4CCCC4=N)cc3)c3ccccc3c2O)c(C(C)(C)CC)c1. The van der Waals surface area contributed by atoms with Crippen molar-refractivity contribution in [3.05, 3.63) is 95.2 Å². The molecule has 54 heavy (non-hydrogen) atoms. The van der Waals surface area contributed by atoms with Crippen LogP contribution in [0.25, 0.3) is 10.8 Å². The highest BCUT2D eigenvalue weighted by Gasteiger charge is 2.29. The van der Waals surface area contributed by atoms with Gasteiger partial charge in [-0.3, -0.25) is 9.52 Å². The zero-order valence-electron chi connectivity index (χ0n) is 32.0. The van der Waals surface area contributed by atoms with Gasteiger partial charge in [-0.05, 0) is 91.3 Å². The Morgan fingerprint density at radius 2 is 1.65 bits per heavy atom. The lowest BCUT2D eigenvalue weighted by Gasteiger charge is -2.30. The number of hydrogen-bond donors (Lipinski definition) is 4. The van der Waals surface area contributed by atoms with E-state index < -0.39 is 21.8 Å². The van der Waals surface area contributed by atoms with Crippen molar-refractivity contribution in [2.75, 3.05) is 17.9 Å². The molecule has 5 rings (SSSR count). The summed E-state index contributed by atoms with van der Waals surface area (Å²) in [5.41, 5.74) is 2.82. The van der Waals surface area contributed by atoms with Gasteiger partial charge in [-0.25, -0.2) is 13.2 Å². The molecule has 1 unspecified atom stereocenters. The topological polar surface area (TPSA) is 155 Å². The molecule has 0 spiro atoms. The van der Waals surface area contributed by atoms with Crippen molar-refractivity contribution in [3.63, 3.8) is 0 Å². The van der Waals surface area contributed by atoms with Gasteiger partial charge >= 0.3 is 0 Å². The number of phenols is 1. The average Bonchev–Trinajstić information content (AvgIpc) is 3.60. The molecule has 1 saturated carbocycles. The number of aromatic hydroxyl groups is 1. The van der Waals surface area contributed by atoms with Crippen LogP contribution in [-0.4, -0.2) is 44.2 Å². The van der Waals surface area contributed by atoms with Crippen molar-refractivity contribution in [3.8, 4) is 17.2 Å². The van der Waals surface area contributed by atoms with Crippen LogP contribution in [0.5, 0.6) is 17.2 Å². The van der Waals surface area contributed by atoms with Gasteiger partial charge in [0.15, 0.2) is 11.7 Å². The highest BCUT2D eigenvalue weighted by molar-refractivity contribution is 7.92. The minimum Gasteiger partial charge on any atom is -0.506 e. The second-order valence-corrected chi connectivity index (χ2v) is 16.8. The predicted molar refractivity (Wildman–Crippen MR) is 213 cm³/mol. The van der Waals surface area contributed by atoms with Gasteiger partial charge in [0.25, 0.3) is 15.9 Å². The van der Waals surface area contributed by atoms with Gasteiger partial charge in [-0.1, -0.05) is 77.9 Å². The maximum atomic E-state index is 13.6. The molecule has 10 nitrogen and oxygen atoms in total. The predicted octanol–water partition coefficient (Wildman–Crippen LogP) is 8.83. The second kappa shape index (κ2) is 16.5. The van der Waals surface area contributed by atoms with Crippen molar-refractivity contribution in [2.45, 2.75) is 95.8 Å². The van der Waals surface area contributed by atoms with Crippen LogP contribution in [-0.2, 0) is 25.6 Å². The van der Waals surface area contributed by atoms with E-state index >= 15 is 0 Å². The smallest absolute Gasteiger partial charge is 0.261 e. The molecule has 4 aromatic rings. The summed E-state index contributed by atoms with van der Waals surface area (Å²) < 4.78 is 41.7. The number of benzene rings is 4. The van der Waals surface area contributed by atoms with Gasteiger partial charge in [0, 0.05) is 28.6 Å². The number of ether oxygens (including phenoxy) is 2. The van der Waals surface area contributed by atoms with E-state index in [1.165, 1.54) is 35.9 Å². The first-order valence-electron chi connectivity index (χ1n) is 18.6. The first-order chi connectivity index (χ1) is 25.6. The minimum absolute atomic E-state index is 0.00609. The summed E-state index contributed by atoms with van der Waals surface area (Å²) in [4.78, 5) is 24.9. The van der Waals surface area contributed by atoms with E-state index in [1.54, 1.807) is 30.2 Å². The molecule has 0 aliphatic heterocycles. The fourth-order valence-electron chi connectivity index (χ4n) is 6.48. The first-order valence-corrected chi connectivity index (χ1v) is 20.0. The van der Waals surface area contributed by atoms with Crippen LogP contribution in [0.4, 0.5) is 5.69 Å². The first kappa shape index (κ1) is 40.1. The van der Waals surface area contributed by atoms with E-state index in [4.69, 9.17) is 14.9 Å². The molecular weight excluding hydrogens is 703 g/mol. The number of rotatable bonds is 16. The van der Waals surface area contributed by atoms with Crippen LogP contribution in [0.3, 0.4) is 0 Å². The van der Waals surface area contributed by atoms with Crippen molar-refractivity contribution in [1.82, 2.24) is 5.32 Å². The van der Waals surface area contributed by atoms with Crippen LogP contribution in [0.1, 0.15) is 102 Å². The molecule has 4 aromatic carbocycles. The van der Waals surface area contributed by atoms with E-state index in [-0.39, 0.29) is 50.8 Å². The Kier molecular flexibility index (Phi) is 12.2. The summed E-state index contributed by atoms with van der Waals surface area (Å²) in [5.74, 6) is 1.61. The summed E-state index contributed by atoms with van der Waals surface area (Å²) in [6, 6.07) is 20.0. The number of sulfonamides is 1. The Balaban J connectivity index is 1.27. The molecule has 0 saturated heterocycles. The third-order valence-electron chi connectivity index (χ3n) is 10.8. The van der Waals surface area contributed by atoms with Crippen LogP contribution in [0.15, 0.2) is 83.5 Å². The van der Waals surface area contributed by atoms with Gasteiger partial charge in [-0.15, -0.1) is 0 Å². The standard InChI is InChI=1S/C43H51N3O7S/c1-7-42(3,4)28-17-22-38(35(25-28)43(5,6)8-2)52-24-12-23-45-41(49)34-26-37(31-13-9-10-14-32(31)40(34)48)46-54(50,51)30-20-18-29(19-21-30)53-39(27-47)33-15-11-16-36(33)44/h9-10,13-14,17-22,25-26,33,44,46,48H,7-8,11-12,15-16,23-24H2,1-6H3,(H,45,49). The maximum absolute atomic E-state index is 13.6. The Hall–Kier alpha value is -5.12. The fourth-order valence-corrected chi connectivity index (χ4v) is 7.55. The number of hydrogen-bond acceptors (Lipinski definition) is 8. The third-order valence-corrected chi connectivity index (χ3v) is 12.1. The zero-order valence-corrected chi connectivity index (χ0v) is 32.8. The number of nitrogens with one attached hydrogen (secondary N) is 3. The highest BCUT2D eigenvalue weighted by Crippen LogP contribution is 2.39. The normalized spacial score (nSPS) is 14.8. The molecule has 11 heteroatoms.